The number of rotatable bonds is 6. The first-order valence-corrected chi connectivity index (χ1v) is 6.42. The van der Waals surface area contributed by atoms with Gasteiger partial charge in [-0.2, -0.15) is 0 Å². The van der Waals surface area contributed by atoms with Crippen molar-refractivity contribution in [3.05, 3.63) is 28.0 Å². The molecule has 1 rings (SSSR count). The molecule has 6 heteroatoms. The lowest BCUT2D eigenvalue weighted by Crippen LogP contribution is -2.26. The smallest absolute Gasteiger partial charge is 0.303 e. The van der Waals surface area contributed by atoms with E-state index in [1.165, 1.54) is 0 Å². The third kappa shape index (κ3) is 4.44. The van der Waals surface area contributed by atoms with E-state index in [-0.39, 0.29) is 12.3 Å². The van der Waals surface area contributed by atoms with Crippen LogP contribution in [0.25, 0.3) is 0 Å². The maximum absolute atomic E-state index is 11.8. The molecule has 0 aromatic carbocycles. The van der Waals surface area contributed by atoms with Crippen LogP contribution in [0.3, 0.4) is 0 Å². The maximum atomic E-state index is 11.8. The number of carbonyl (C=O) groups is 2. The predicted octanol–water partition coefficient (Wildman–Crippen LogP) is 2.14. The summed E-state index contributed by atoms with van der Waals surface area (Å²) in [7, 11) is 0. The number of hydrogen-bond donors (Lipinski definition) is 2. The largest absolute Gasteiger partial charge is 0.481 e. The summed E-state index contributed by atoms with van der Waals surface area (Å²) in [4.78, 5) is 26.1. The predicted molar refractivity (Wildman–Crippen MR) is 70.5 cm³/mol. The molecule has 0 saturated heterocycles. The zero-order valence-corrected chi connectivity index (χ0v) is 11.7. The number of aromatic nitrogens is 1. The molecule has 1 aromatic heterocycles. The second-order valence-corrected chi connectivity index (χ2v) is 4.69. The Morgan fingerprint density at radius 2 is 2.17 bits per heavy atom. The van der Waals surface area contributed by atoms with E-state index in [4.69, 9.17) is 5.11 Å². The number of unbranched alkanes of at least 4 members (excludes halogenated alkanes) is 1. The fourth-order valence-electron chi connectivity index (χ4n) is 1.39. The van der Waals surface area contributed by atoms with Crippen LogP contribution in [-0.2, 0) is 4.79 Å². The zero-order valence-electron chi connectivity index (χ0n) is 10.1. The molecule has 0 radical (unpaired) electrons. The quantitative estimate of drug-likeness (QED) is 0.788. The summed E-state index contributed by atoms with van der Waals surface area (Å²) in [6.07, 6.45) is 2.90. The third-order valence-electron chi connectivity index (χ3n) is 2.40. The van der Waals surface area contributed by atoms with Crippen LogP contribution in [0, 0.1) is 6.92 Å². The van der Waals surface area contributed by atoms with E-state index < -0.39 is 5.97 Å². The van der Waals surface area contributed by atoms with E-state index in [2.05, 4.69) is 26.2 Å². The van der Waals surface area contributed by atoms with Crippen molar-refractivity contribution < 1.29 is 14.7 Å². The van der Waals surface area contributed by atoms with Crippen molar-refractivity contribution in [2.45, 2.75) is 26.2 Å². The molecular weight excluding hydrogens is 300 g/mol. The van der Waals surface area contributed by atoms with E-state index >= 15 is 0 Å². The highest BCUT2D eigenvalue weighted by atomic mass is 79.9. The van der Waals surface area contributed by atoms with Gasteiger partial charge in [0.15, 0.2) is 0 Å². The molecule has 0 saturated carbocycles. The lowest BCUT2D eigenvalue weighted by atomic mass is 10.2. The highest BCUT2D eigenvalue weighted by Crippen LogP contribution is 2.18. The Bertz CT molecular complexity index is 449. The Morgan fingerprint density at radius 3 is 2.83 bits per heavy atom. The Kier molecular flexibility index (Phi) is 5.77. The van der Waals surface area contributed by atoms with E-state index in [0.29, 0.717) is 29.6 Å². The topological polar surface area (TPSA) is 79.3 Å². The fraction of sp³-hybridized carbons (Fsp3) is 0.417. The molecule has 0 aliphatic heterocycles. The highest BCUT2D eigenvalue weighted by Gasteiger charge is 2.12. The first kappa shape index (κ1) is 14.6. The van der Waals surface area contributed by atoms with Gasteiger partial charge in [0.25, 0.3) is 5.91 Å². The Labute approximate surface area is 114 Å². The number of pyridine rings is 1. The number of amides is 1. The monoisotopic (exact) mass is 314 g/mol. The first-order chi connectivity index (χ1) is 8.52. The number of aliphatic carboxylic acids is 1. The molecule has 0 atom stereocenters. The molecule has 18 heavy (non-hydrogen) atoms. The van der Waals surface area contributed by atoms with Crippen molar-refractivity contribution in [1.29, 1.82) is 0 Å². The van der Waals surface area contributed by atoms with Crippen molar-refractivity contribution in [3.63, 3.8) is 0 Å². The molecule has 0 fully saturated rings. The normalized spacial score (nSPS) is 10.1. The highest BCUT2D eigenvalue weighted by molar-refractivity contribution is 9.10. The summed E-state index contributed by atoms with van der Waals surface area (Å²) in [5.41, 5.74) is 1.30. The molecule has 5 nitrogen and oxygen atoms in total. The number of carboxylic acid groups (broad SMARTS) is 1. The standard InChI is InChI=1S/C12H15BrN2O3/c1-8-5-7-14-11(10(8)13)12(18)15-6-3-2-4-9(16)17/h5,7H,2-4,6H2,1H3,(H,15,18)(H,16,17). The van der Waals surface area contributed by atoms with Crippen LogP contribution in [0.1, 0.15) is 35.3 Å². The number of aryl methyl sites for hydroxylation is 1. The number of hydrogen-bond acceptors (Lipinski definition) is 3. The van der Waals surface area contributed by atoms with Gasteiger partial charge in [-0.1, -0.05) is 0 Å². The number of nitrogens with zero attached hydrogens (tertiary/aromatic N) is 1. The lowest BCUT2D eigenvalue weighted by molar-refractivity contribution is -0.137. The van der Waals surface area contributed by atoms with Crippen LogP contribution in [0.4, 0.5) is 0 Å². The summed E-state index contributed by atoms with van der Waals surface area (Å²) in [5, 5.41) is 11.2. The average Bonchev–Trinajstić information content (AvgIpc) is 2.31. The second-order valence-electron chi connectivity index (χ2n) is 3.90. The number of carbonyl (C=O) groups excluding carboxylic acids is 1. The van der Waals surface area contributed by atoms with Crippen molar-refractivity contribution in [2.24, 2.45) is 0 Å². The minimum absolute atomic E-state index is 0.127. The van der Waals surface area contributed by atoms with Crippen LogP contribution >= 0.6 is 15.9 Å². The zero-order chi connectivity index (χ0) is 13.5. The summed E-state index contributed by atoms with van der Waals surface area (Å²) >= 11 is 3.32. The number of carboxylic acids is 1. The van der Waals surface area contributed by atoms with Crippen LogP contribution in [0.15, 0.2) is 16.7 Å². The molecule has 1 aromatic rings. The molecule has 0 bridgehead atoms. The van der Waals surface area contributed by atoms with Crippen molar-refractivity contribution in [3.8, 4) is 0 Å². The first-order valence-electron chi connectivity index (χ1n) is 5.63. The molecular formula is C12H15BrN2O3. The van der Waals surface area contributed by atoms with Gasteiger partial charge in [-0.25, -0.2) is 4.98 Å². The molecule has 0 aliphatic rings. The summed E-state index contributed by atoms with van der Waals surface area (Å²) in [6, 6.07) is 1.81. The molecule has 0 spiro atoms. The van der Waals surface area contributed by atoms with Gasteiger partial charge in [0.2, 0.25) is 0 Å². The van der Waals surface area contributed by atoms with Gasteiger partial charge in [0.1, 0.15) is 5.69 Å². The average molecular weight is 315 g/mol. The minimum atomic E-state index is -0.815. The summed E-state index contributed by atoms with van der Waals surface area (Å²) in [6.45, 7) is 2.34. The van der Waals surface area contributed by atoms with E-state index in [1.807, 2.05) is 13.0 Å². The summed E-state index contributed by atoms with van der Waals surface area (Å²) in [5.74, 6) is -1.06. The van der Waals surface area contributed by atoms with Gasteiger partial charge in [0, 0.05) is 19.2 Å². The van der Waals surface area contributed by atoms with Crippen LogP contribution < -0.4 is 5.32 Å². The number of halogens is 1. The van der Waals surface area contributed by atoms with Crippen molar-refractivity contribution in [1.82, 2.24) is 10.3 Å². The van der Waals surface area contributed by atoms with Gasteiger partial charge >= 0.3 is 5.97 Å². The van der Waals surface area contributed by atoms with Gasteiger partial charge in [0.05, 0.1) is 4.47 Å². The van der Waals surface area contributed by atoms with Gasteiger partial charge in [-0.3, -0.25) is 9.59 Å². The molecule has 0 aliphatic carbocycles. The minimum Gasteiger partial charge on any atom is -0.481 e. The van der Waals surface area contributed by atoms with Crippen LogP contribution in [0.2, 0.25) is 0 Å². The summed E-state index contributed by atoms with van der Waals surface area (Å²) < 4.78 is 0.688. The second kappa shape index (κ2) is 7.10. The molecule has 0 unspecified atom stereocenters. The Morgan fingerprint density at radius 1 is 1.44 bits per heavy atom. The van der Waals surface area contributed by atoms with Crippen LogP contribution in [0.5, 0.6) is 0 Å². The number of nitrogens with one attached hydrogen (secondary N) is 1. The van der Waals surface area contributed by atoms with Gasteiger partial charge in [-0.05, 0) is 47.3 Å². The third-order valence-corrected chi connectivity index (χ3v) is 3.40. The Balaban J connectivity index is 2.41. The van der Waals surface area contributed by atoms with Gasteiger partial charge in [-0.15, -0.1) is 0 Å². The van der Waals surface area contributed by atoms with Gasteiger partial charge < -0.3 is 10.4 Å². The lowest BCUT2D eigenvalue weighted by Gasteiger charge is -2.07. The molecule has 1 amide bonds. The fourth-order valence-corrected chi connectivity index (χ4v) is 1.80. The van der Waals surface area contributed by atoms with Crippen molar-refractivity contribution in [2.75, 3.05) is 6.54 Å². The SMILES string of the molecule is Cc1ccnc(C(=O)NCCCCC(=O)O)c1Br. The Hall–Kier alpha value is -1.43. The maximum Gasteiger partial charge on any atom is 0.303 e. The van der Waals surface area contributed by atoms with E-state index in [0.717, 1.165) is 5.56 Å². The van der Waals surface area contributed by atoms with E-state index in [1.54, 1.807) is 6.20 Å². The van der Waals surface area contributed by atoms with Crippen molar-refractivity contribution >= 4 is 27.8 Å². The molecule has 1 heterocycles. The van der Waals surface area contributed by atoms with E-state index in [9.17, 15) is 9.59 Å². The molecule has 98 valence electrons. The molecule has 2 N–H and O–H groups in total. The van der Waals surface area contributed by atoms with Crippen LogP contribution in [-0.4, -0.2) is 28.5 Å².